The Balaban J connectivity index is 0.000000550. The van der Waals surface area contributed by atoms with Crippen LogP contribution >= 0.6 is 0 Å². The molecule has 0 aliphatic rings. The molecule has 1 aromatic carbocycles. The highest BCUT2D eigenvalue weighted by Gasteiger charge is 2.30. The Morgan fingerprint density at radius 1 is 1.26 bits per heavy atom. The minimum Gasteiger partial charge on any atom is -0.483 e. The lowest BCUT2D eigenvalue weighted by atomic mass is 10.2. The Bertz CT molecular complexity index is 496. The lowest BCUT2D eigenvalue weighted by Gasteiger charge is -2.08. The number of carbonyl (C=O) groups is 1. The van der Waals surface area contributed by atoms with E-state index in [1.54, 1.807) is 0 Å². The van der Waals surface area contributed by atoms with Gasteiger partial charge in [0.1, 0.15) is 5.75 Å². The Labute approximate surface area is 104 Å². The van der Waals surface area contributed by atoms with Gasteiger partial charge in [-0.3, -0.25) is 4.79 Å². The molecule has 6 nitrogen and oxygen atoms in total. The van der Waals surface area contributed by atoms with E-state index in [0.717, 1.165) is 6.39 Å². The maximum Gasteiger partial charge on any atom is 0.573 e. The molecule has 0 atom stereocenters. The summed E-state index contributed by atoms with van der Waals surface area (Å²) in [6.07, 6.45) is -3.55. The molecule has 102 valence electrons. The molecule has 0 aliphatic heterocycles. The summed E-state index contributed by atoms with van der Waals surface area (Å²) in [5.74, 6) is 0.0123. The molecule has 0 radical (unpaired) electrons. The van der Waals surface area contributed by atoms with Crippen LogP contribution in [0.15, 0.2) is 35.2 Å². The van der Waals surface area contributed by atoms with Crippen molar-refractivity contribution < 1.29 is 32.3 Å². The molecular formula is C10H7F3N2O4. The third-order valence-corrected chi connectivity index (χ3v) is 1.71. The fourth-order valence-corrected chi connectivity index (χ4v) is 1.10. The largest absolute Gasteiger partial charge is 0.573 e. The molecule has 2 aromatic rings. The molecule has 0 fully saturated rings. The number of nitrogens with zero attached hydrogens (tertiary/aromatic N) is 2. The van der Waals surface area contributed by atoms with Gasteiger partial charge in [-0.05, 0) is 24.3 Å². The number of rotatable bonds is 2. The first-order valence-electron chi connectivity index (χ1n) is 4.66. The molecule has 1 heterocycles. The molecule has 1 aromatic heterocycles. The third kappa shape index (κ3) is 5.06. The summed E-state index contributed by atoms with van der Waals surface area (Å²) in [7, 11) is 0. The number of halogens is 3. The number of ether oxygens (including phenoxy) is 1. The lowest BCUT2D eigenvalue weighted by Crippen LogP contribution is -2.16. The third-order valence-electron chi connectivity index (χ3n) is 1.71. The topological polar surface area (TPSA) is 85.5 Å². The normalized spacial score (nSPS) is 10.3. The summed E-state index contributed by atoms with van der Waals surface area (Å²) >= 11 is 0. The Morgan fingerprint density at radius 2 is 1.84 bits per heavy atom. The van der Waals surface area contributed by atoms with Crippen LogP contribution in [0.3, 0.4) is 0 Å². The fraction of sp³-hybridized carbons (Fsp3) is 0.100. The minimum absolute atomic E-state index is 0.250. The second-order valence-electron chi connectivity index (χ2n) is 2.93. The van der Waals surface area contributed by atoms with Crippen molar-refractivity contribution in [3.05, 3.63) is 30.7 Å². The molecule has 9 heteroatoms. The summed E-state index contributed by atoms with van der Waals surface area (Å²) in [5.41, 5.74) is 0.545. The maximum atomic E-state index is 11.9. The maximum absolute atomic E-state index is 11.9. The van der Waals surface area contributed by atoms with Gasteiger partial charge in [0, 0.05) is 5.56 Å². The second kappa shape index (κ2) is 6.38. The number of benzene rings is 1. The first kappa shape index (κ1) is 14.5. The van der Waals surface area contributed by atoms with Gasteiger partial charge < -0.3 is 14.4 Å². The minimum atomic E-state index is -4.69. The number of hydrogen-bond acceptors (Lipinski definition) is 5. The molecular weight excluding hydrogens is 269 g/mol. The van der Waals surface area contributed by atoms with Crippen LogP contribution in [0.25, 0.3) is 11.4 Å². The number of carboxylic acid groups (broad SMARTS) is 1. The molecule has 2 rings (SSSR count). The van der Waals surface area contributed by atoms with Crippen LogP contribution in [0.2, 0.25) is 0 Å². The van der Waals surface area contributed by atoms with E-state index in [0.29, 0.717) is 11.4 Å². The lowest BCUT2D eigenvalue weighted by molar-refractivity contribution is -0.274. The molecule has 0 saturated carbocycles. The molecule has 1 N–H and O–H groups in total. The van der Waals surface area contributed by atoms with E-state index in [-0.39, 0.29) is 12.2 Å². The predicted molar refractivity (Wildman–Crippen MR) is 55.1 cm³/mol. The van der Waals surface area contributed by atoms with Gasteiger partial charge in [0.25, 0.3) is 6.47 Å². The molecule has 0 bridgehead atoms. The summed E-state index contributed by atoms with van der Waals surface area (Å²) < 4.78 is 43.8. The van der Waals surface area contributed by atoms with Crippen LogP contribution in [-0.4, -0.2) is 28.1 Å². The van der Waals surface area contributed by atoms with E-state index in [1.165, 1.54) is 24.3 Å². The Hall–Kier alpha value is -2.58. The van der Waals surface area contributed by atoms with Gasteiger partial charge >= 0.3 is 6.36 Å². The average Bonchev–Trinajstić information content (AvgIpc) is 2.82. The average molecular weight is 276 g/mol. The van der Waals surface area contributed by atoms with Crippen molar-refractivity contribution in [3.63, 3.8) is 0 Å². The number of alkyl halides is 3. The van der Waals surface area contributed by atoms with Crippen molar-refractivity contribution in [3.8, 4) is 17.1 Å². The van der Waals surface area contributed by atoms with Gasteiger partial charge in [0.2, 0.25) is 12.2 Å². The highest BCUT2D eigenvalue weighted by atomic mass is 19.4. The molecule has 0 aliphatic carbocycles. The van der Waals surface area contributed by atoms with E-state index >= 15 is 0 Å². The van der Waals surface area contributed by atoms with Crippen molar-refractivity contribution in [2.75, 3.05) is 0 Å². The first-order chi connectivity index (χ1) is 8.96. The van der Waals surface area contributed by atoms with Crippen LogP contribution in [0.4, 0.5) is 13.2 Å². The second-order valence-corrected chi connectivity index (χ2v) is 2.93. The molecule has 19 heavy (non-hydrogen) atoms. The summed E-state index contributed by atoms with van der Waals surface area (Å²) in [6.45, 7) is -0.250. The van der Waals surface area contributed by atoms with Gasteiger partial charge in [-0.1, -0.05) is 5.16 Å². The quantitative estimate of drug-likeness (QED) is 0.847. The highest BCUT2D eigenvalue weighted by Crippen LogP contribution is 2.24. The van der Waals surface area contributed by atoms with E-state index in [9.17, 15) is 13.2 Å². The smallest absolute Gasteiger partial charge is 0.483 e. The zero-order valence-corrected chi connectivity index (χ0v) is 9.16. The van der Waals surface area contributed by atoms with Crippen molar-refractivity contribution >= 4 is 6.47 Å². The van der Waals surface area contributed by atoms with Crippen molar-refractivity contribution in [2.24, 2.45) is 0 Å². The van der Waals surface area contributed by atoms with Crippen molar-refractivity contribution in [2.45, 2.75) is 6.36 Å². The van der Waals surface area contributed by atoms with Crippen molar-refractivity contribution in [1.29, 1.82) is 0 Å². The monoisotopic (exact) mass is 276 g/mol. The van der Waals surface area contributed by atoms with Gasteiger partial charge in [0.15, 0.2) is 0 Å². The van der Waals surface area contributed by atoms with Gasteiger partial charge in [0.05, 0.1) is 0 Å². The Morgan fingerprint density at radius 3 is 2.26 bits per heavy atom. The Kier molecular flexibility index (Phi) is 4.86. The van der Waals surface area contributed by atoms with Gasteiger partial charge in [-0.2, -0.15) is 4.98 Å². The van der Waals surface area contributed by atoms with E-state index in [1.807, 2.05) is 0 Å². The molecule has 0 unspecified atom stereocenters. The predicted octanol–water partition coefficient (Wildman–Crippen LogP) is 2.34. The molecule has 0 spiro atoms. The standard InChI is InChI=1S/C9H5F3N2O2.CH2O2/c10-9(11,12)16-7-3-1-6(2-4-7)8-13-5-15-14-8;2-1-3/h1-5H;1H,(H,2,3). The first-order valence-corrected chi connectivity index (χ1v) is 4.66. The van der Waals surface area contributed by atoms with Crippen LogP contribution < -0.4 is 4.74 Å². The van der Waals surface area contributed by atoms with Crippen LogP contribution in [0.5, 0.6) is 5.75 Å². The van der Waals surface area contributed by atoms with Gasteiger partial charge in [-0.15, -0.1) is 13.2 Å². The SMILES string of the molecule is FC(F)(F)Oc1ccc(-c2ncon2)cc1.O=CO. The summed E-state index contributed by atoms with van der Waals surface area (Å²) in [6, 6.07) is 5.18. The summed E-state index contributed by atoms with van der Waals surface area (Å²) in [5, 5.41) is 10.4. The van der Waals surface area contributed by atoms with Crippen LogP contribution in [0.1, 0.15) is 0 Å². The highest BCUT2D eigenvalue weighted by molar-refractivity contribution is 5.55. The molecule has 0 saturated heterocycles. The fourth-order valence-electron chi connectivity index (χ4n) is 1.10. The van der Waals surface area contributed by atoms with Crippen LogP contribution in [-0.2, 0) is 4.79 Å². The molecule has 0 amide bonds. The number of hydrogen-bond donors (Lipinski definition) is 1. The van der Waals surface area contributed by atoms with E-state index in [4.69, 9.17) is 9.90 Å². The summed E-state index contributed by atoms with van der Waals surface area (Å²) in [4.78, 5) is 12.1. The van der Waals surface area contributed by atoms with Crippen LogP contribution in [0, 0.1) is 0 Å². The zero-order valence-electron chi connectivity index (χ0n) is 9.16. The zero-order chi connectivity index (χ0) is 14.3. The van der Waals surface area contributed by atoms with E-state index < -0.39 is 6.36 Å². The number of aromatic nitrogens is 2. The van der Waals surface area contributed by atoms with E-state index in [2.05, 4.69) is 19.4 Å². The van der Waals surface area contributed by atoms with Gasteiger partial charge in [-0.25, -0.2) is 0 Å². The van der Waals surface area contributed by atoms with Crippen molar-refractivity contribution in [1.82, 2.24) is 10.1 Å².